The first-order valence-corrected chi connectivity index (χ1v) is 6.84. The molecule has 0 saturated carbocycles. The zero-order chi connectivity index (χ0) is 15.7. The van der Waals surface area contributed by atoms with Crippen LogP contribution < -0.4 is 16.4 Å². The molecule has 3 atom stereocenters. The second-order valence-electron chi connectivity index (χ2n) is 5.16. The van der Waals surface area contributed by atoms with E-state index >= 15 is 0 Å². The van der Waals surface area contributed by atoms with E-state index in [9.17, 15) is 14.4 Å². The summed E-state index contributed by atoms with van der Waals surface area (Å²) in [4.78, 5) is 33.3. The van der Waals surface area contributed by atoms with Gasteiger partial charge in [0.2, 0.25) is 5.91 Å². The van der Waals surface area contributed by atoms with Crippen molar-refractivity contribution in [1.82, 2.24) is 10.6 Å². The average Bonchev–Trinajstić information content (AvgIpc) is 2.33. The van der Waals surface area contributed by atoms with Crippen LogP contribution in [0, 0.1) is 5.92 Å². The monoisotopic (exact) mass is 287 g/mol. The van der Waals surface area contributed by atoms with Crippen LogP contribution in [0.2, 0.25) is 0 Å². The molecule has 0 aliphatic rings. The summed E-state index contributed by atoms with van der Waals surface area (Å²) in [6.45, 7) is 6.02. The molecule has 3 amide bonds. The molecule has 20 heavy (non-hydrogen) atoms. The molecule has 0 aliphatic carbocycles. The molecule has 0 aromatic carbocycles. The fraction of sp³-hybridized carbons (Fsp3) is 0.769. The van der Waals surface area contributed by atoms with Crippen LogP contribution in [0.4, 0.5) is 4.79 Å². The Morgan fingerprint density at radius 3 is 2.25 bits per heavy atom. The van der Waals surface area contributed by atoms with Crippen LogP contribution in [0.3, 0.4) is 0 Å². The summed E-state index contributed by atoms with van der Waals surface area (Å²) in [6, 6.07) is -1.70. The molecule has 0 aliphatic heterocycles. The largest absolute Gasteiger partial charge is 0.480 e. The highest BCUT2D eigenvalue weighted by molar-refractivity contribution is 5.83. The van der Waals surface area contributed by atoms with Crippen molar-refractivity contribution in [3.8, 4) is 0 Å². The Morgan fingerprint density at radius 1 is 1.20 bits per heavy atom. The summed E-state index contributed by atoms with van der Waals surface area (Å²) >= 11 is 0. The molecule has 7 heteroatoms. The minimum absolute atomic E-state index is 0.0160. The zero-order valence-electron chi connectivity index (χ0n) is 12.3. The molecule has 7 nitrogen and oxygen atoms in total. The van der Waals surface area contributed by atoms with Gasteiger partial charge in [0.25, 0.3) is 0 Å². The first-order valence-electron chi connectivity index (χ1n) is 6.84. The van der Waals surface area contributed by atoms with Crippen molar-refractivity contribution < 1.29 is 19.5 Å². The second kappa shape index (κ2) is 9.17. The van der Waals surface area contributed by atoms with Gasteiger partial charge in [-0.1, -0.05) is 20.3 Å². The van der Waals surface area contributed by atoms with Crippen LogP contribution in [0.1, 0.15) is 46.5 Å². The van der Waals surface area contributed by atoms with Gasteiger partial charge < -0.3 is 21.5 Å². The number of aliphatic carboxylic acids is 1. The summed E-state index contributed by atoms with van der Waals surface area (Å²) in [5.41, 5.74) is 4.96. The topological polar surface area (TPSA) is 122 Å². The van der Waals surface area contributed by atoms with E-state index in [0.717, 1.165) is 12.8 Å². The van der Waals surface area contributed by atoms with E-state index in [1.807, 2.05) is 6.92 Å². The first kappa shape index (κ1) is 18.2. The fourth-order valence-electron chi connectivity index (χ4n) is 1.80. The Kier molecular flexibility index (Phi) is 8.35. The highest BCUT2D eigenvalue weighted by Crippen LogP contribution is 2.09. The van der Waals surface area contributed by atoms with Gasteiger partial charge in [-0.2, -0.15) is 0 Å². The molecule has 5 N–H and O–H groups in total. The Morgan fingerprint density at radius 2 is 1.80 bits per heavy atom. The lowest BCUT2D eigenvalue weighted by Crippen LogP contribution is -2.48. The molecular formula is C13H25N3O4. The number of carboxylic acids is 1. The molecule has 116 valence electrons. The number of carbonyl (C=O) groups is 3. The highest BCUT2D eigenvalue weighted by atomic mass is 16.4. The molecule has 0 spiro atoms. The SMILES string of the molecule is CCC(C)CC(C)NC(=O)N[C@H](CCC(N)=O)C(=O)O. The van der Waals surface area contributed by atoms with Crippen molar-refractivity contribution in [2.24, 2.45) is 11.7 Å². The number of amides is 3. The molecule has 0 bridgehead atoms. The minimum Gasteiger partial charge on any atom is -0.480 e. The van der Waals surface area contributed by atoms with Crippen molar-refractivity contribution >= 4 is 17.9 Å². The Hall–Kier alpha value is -1.79. The van der Waals surface area contributed by atoms with E-state index in [0.29, 0.717) is 5.92 Å². The van der Waals surface area contributed by atoms with E-state index < -0.39 is 23.9 Å². The Balaban J connectivity index is 4.25. The number of primary amides is 1. The number of rotatable bonds is 9. The second-order valence-corrected chi connectivity index (χ2v) is 5.16. The average molecular weight is 287 g/mol. The van der Waals surface area contributed by atoms with Gasteiger partial charge in [0.1, 0.15) is 6.04 Å². The number of carboxylic acid groups (broad SMARTS) is 1. The third-order valence-electron chi connectivity index (χ3n) is 3.11. The van der Waals surface area contributed by atoms with Crippen LogP contribution in [0.15, 0.2) is 0 Å². The van der Waals surface area contributed by atoms with Crippen LogP contribution in [-0.4, -0.2) is 35.1 Å². The van der Waals surface area contributed by atoms with Gasteiger partial charge in [-0.3, -0.25) is 4.79 Å². The van der Waals surface area contributed by atoms with Gasteiger partial charge in [0, 0.05) is 12.5 Å². The number of nitrogens with one attached hydrogen (secondary N) is 2. The van der Waals surface area contributed by atoms with Gasteiger partial charge in [0.15, 0.2) is 0 Å². The summed E-state index contributed by atoms with van der Waals surface area (Å²) in [5.74, 6) is -1.30. The van der Waals surface area contributed by atoms with Gasteiger partial charge in [-0.25, -0.2) is 9.59 Å². The molecule has 0 heterocycles. The lowest BCUT2D eigenvalue weighted by Gasteiger charge is -2.20. The summed E-state index contributed by atoms with van der Waals surface area (Å²) in [6.07, 6.45) is 1.74. The predicted octanol–water partition coefficient (Wildman–Crippen LogP) is 0.829. The van der Waals surface area contributed by atoms with Crippen molar-refractivity contribution in [3.63, 3.8) is 0 Å². The van der Waals surface area contributed by atoms with Crippen LogP contribution in [-0.2, 0) is 9.59 Å². The number of urea groups is 1. The van der Waals surface area contributed by atoms with E-state index in [1.165, 1.54) is 0 Å². The molecular weight excluding hydrogens is 262 g/mol. The van der Waals surface area contributed by atoms with Crippen LogP contribution in [0.5, 0.6) is 0 Å². The lowest BCUT2D eigenvalue weighted by atomic mass is 10.0. The maximum absolute atomic E-state index is 11.7. The van der Waals surface area contributed by atoms with Crippen molar-refractivity contribution in [2.75, 3.05) is 0 Å². The van der Waals surface area contributed by atoms with Crippen molar-refractivity contribution in [1.29, 1.82) is 0 Å². The molecule has 0 rings (SSSR count). The summed E-state index contributed by atoms with van der Waals surface area (Å²) in [5, 5.41) is 14.0. The van der Waals surface area contributed by atoms with Gasteiger partial charge in [-0.05, 0) is 25.7 Å². The number of hydrogen-bond donors (Lipinski definition) is 4. The molecule has 0 aromatic heterocycles. The molecule has 0 radical (unpaired) electrons. The van der Waals surface area contributed by atoms with E-state index in [1.54, 1.807) is 0 Å². The smallest absolute Gasteiger partial charge is 0.326 e. The quantitative estimate of drug-likeness (QED) is 0.501. The summed E-state index contributed by atoms with van der Waals surface area (Å²) < 4.78 is 0. The third kappa shape index (κ3) is 8.34. The first-order chi connectivity index (χ1) is 9.26. The van der Waals surface area contributed by atoms with Crippen molar-refractivity contribution in [3.05, 3.63) is 0 Å². The minimum atomic E-state index is -1.18. The van der Waals surface area contributed by atoms with Gasteiger partial charge in [-0.15, -0.1) is 0 Å². The van der Waals surface area contributed by atoms with Crippen LogP contribution in [0.25, 0.3) is 0 Å². The predicted molar refractivity (Wildman–Crippen MR) is 75.1 cm³/mol. The van der Waals surface area contributed by atoms with Crippen LogP contribution >= 0.6 is 0 Å². The Bertz CT molecular complexity index is 347. The molecule has 2 unspecified atom stereocenters. The number of nitrogens with two attached hydrogens (primary N) is 1. The van der Waals surface area contributed by atoms with E-state index in [2.05, 4.69) is 24.5 Å². The molecule has 0 aromatic rings. The van der Waals surface area contributed by atoms with E-state index in [-0.39, 0.29) is 18.9 Å². The van der Waals surface area contributed by atoms with Crippen molar-refractivity contribution in [2.45, 2.75) is 58.5 Å². The molecule has 0 fully saturated rings. The standard InChI is InChI=1S/C13H25N3O4/c1-4-8(2)7-9(3)15-13(20)16-10(12(18)19)5-6-11(14)17/h8-10H,4-7H2,1-3H3,(H2,14,17)(H,18,19)(H2,15,16,20)/t8?,9?,10-/m1/s1. The highest BCUT2D eigenvalue weighted by Gasteiger charge is 2.21. The fourth-order valence-corrected chi connectivity index (χ4v) is 1.80. The van der Waals surface area contributed by atoms with Gasteiger partial charge >= 0.3 is 12.0 Å². The van der Waals surface area contributed by atoms with E-state index in [4.69, 9.17) is 10.8 Å². The number of hydrogen-bond acceptors (Lipinski definition) is 3. The summed E-state index contributed by atoms with van der Waals surface area (Å²) in [7, 11) is 0. The lowest BCUT2D eigenvalue weighted by molar-refractivity contribution is -0.139. The van der Waals surface area contributed by atoms with Gasteiger partial charge in [0.05, 0.1) is 0 Å². The maximum atomic E-state index is 11.7. The zero-order valence-corrected chi connectivity index (χ0v) is 12.3. The third-order valence-corrected chi connectivity index (χ3v) is 3.11. The molecule has 0 saturated heterocycles. The normalized spacial score (nSPS) is 14.9. The number of carbonyl (C=O) groups excluding carboxylic acids is 2. The Labute approximate surface area is 119 Å². The maximum Gasteiger partial charge on any atom is 0.326 e.